The van der Waals surface area contributed by atoms with Gasteiger partial charge in [-0.2, -0.15) is 0 Å². The van der Waals surface area contributed by atoms with Crippen molar-refractivity contribution in [1.82, 2.24) is 0 Å². The molecule has 5 heteroatoms. The van der Waals surface area contributed by atoms with Gasteiger partial charge in [0.1, 0.15) is 5.82 Å². The first-order chi connectivity index (χ1) is 6.56. The van der Waals surface area contributed by atoms with E-state index in [0.29, 0.717) is 5.56 Å². The summed E-state index contributed by atoms with van der Waals surface area (Å²) in [6.07, 6.45) is 0. The van der Waals surface area contributed by atoms with E-state index in [-0.39, 0.29) is 11.6 Å². The molecule has 0 saturated heterocycles. The standard InChI is InChI=1S/C9H9ClFNO2/c10-7-3-5(1-2-8(7)11)6(4-12)9(13)14/h1-3,6H,4,12H2,(H,13,14). The van der Waals surface area contributed by atoms with Crippen LogP contribution in [0.5, 0.6) is 0 Å². The Morgan fingerprint density at radius 3 is 2.71 bits per heavy atom. The van der Waals surface area contributed by atoms with Crippen molar-refractivity contribution < 1.29 is 14.3 Å². The molecule has 14 heavy (non-hydrogen) atoms. The second-order valence-corrected chi connectivity index (χ2v) is 3.21. The Labute approximate surface area is 85.3 Å². The topological polar surface area (TPSA) is 63.3 Å². The quantitative estimate of drug-likeness (QED) is 0.809. The number of carboxylic acid groups (broad SMARTS) is 1. The van der Waals surface area contributed by atoms with Crippen LogP contribution in [-0.2, 0) is 4.79 Å². The number of halogens is 2. The number of benzene rings is 1. The monoisotopic (exact) mass is 217 g/mol. The predicted molar refractivity (Wildman–Crippen MR) is 50.8 cm³/mol. The Morgan fingerprint density at radius 1 is 1.64 bits per heavy atom. The lowest BCUT2D eigenvalue weighted by Gasteiger charge is -2.10. The number of hydrogen-bond acceptors (Lipinski definition) is 2. The highest BCUT2D eigenvalue weighted by molar-refractivity contribution is 6.30. The summed E-state index contributed by atoms with van der Waals surface area (Å²) in [7, 11) is 0. The SMILES string of the molecule is NCC(C(=O)O)c1ccc(F)c(Cl)c1. The molecular weight excluding hydrogens is 209 g/mol. The van der Waals surface area contributed by atoms with Gasteiger partial charge in [0.2, 0.25) is 0 Å². The summed E-state index contributed by atoms with van der Waals surface area (Å²) in [4.78, 5) is 10.7. The zero-order chi connectivity index (χ0) is 10.7. The van der Waals surface area contributed by atoms with Crippen LogP contribution in [0.4, 0.5) is 4.39 Å². The third kappa shape index (κ3) is 2.21. The molecule has 1 aromatic carbocycles. The van der Waals surface area contributed by atoms with Gasteiger partial charge < -0.3 is 10.8 Å². The summed E-state index contributed by atoms with van der Waals surface area (Å²) in [5.41, 5.74) is 5.68. The lowest BCUT2D eigenvalue weighted by Crippen LogP contribution is -2.21. The van der Waals surface area contributed by atoms with Gasteiger partial charge in [-0.3, -0.25) is 4.79 Å². The largest absolute Gasteiger partial charge is 0.481 e. The molecule has 1 unspecified atom stereocenters. The molecule has 0 amide bonds. The minimum atomic E-state index is -1.05. The van der Waals surface area contributed by atoms with E-state index in [1.54, 1.807) is 0 Å². The van der Waals surface area contributed by atoms with Crippen molar-refractivity contribution in [3.05, 3.63) is 34.6 Å². The molecule has 0 spiro atoms. The second-order valence-electron chi connectivity index (χ2n) is 2.80. The summed E-state index contributed by atoms with van der Waals surface area (Å²) in [5, 5.41) is 8.67. The molecule has 0 bridgehead atoms. The zero-order valence-corrected chi connectivity index (χ0v) is 7.96. The number of aliphatic carboxylic acids is 1. The maximum Gasteiger partial charge on any atom is 0.312 e. The Morgan fingerprint density at radius 2 is 2.29 bits per heavy atom. The van der Waals surface area contributed by atoms with E-state index in [1.807, 2.05) is 0 Å². The zero-order valence-electron chi connectivity index (χ0n) is 7.21. The molecule has 1 rings (SSSR count). The molecule has 3 N–H and O–H groups in total. The van der Waals surface area contributed by atoms with E-state index in [2.05, 4.69) is 0 Å². The molecule has 1 atom stereocenters. The van der Waals surface area contributed by atoms with Gasteiger partial charge in [0.15, 0.2) is 0 Å². The summed E-state index contributed by atoms with van der Waals surface area (Å²) in [6.45, 7) is -0.0444. The van der Waals surface area contributed by atoms with Crippen LogP contribution in [0.2, 0.25) is 5.02 Å². The summed E-state index contributed by atoms with van der Waals surface area (Å²) in [6, 6.07) is 3.78. The fourth-order valence-electron chi connectivity index (χ4n) is 1.11. The van der Waals surface area contributed by atoms with Crippen molar-refractivity contribution >= 4 is 17.6 Å². The summed E-state index contributed by atoms with van der Waals surface area (Å²) >= 11 is 5.51. The molecule has 0 aromatic heterocycles. The molecule has 76 valence electrons. The van der Waals surface area contributed by atoms with Crippen molar-refractivity contribution in [2.24, 2.45) is 5.73 Å². The maximum absolute atomic E-state index is 12.8. The Bertz CT molecular complexity index is 357. The molecule has 0 aliphatic rings. The van der Waals surface area contributed by atoms with Gasteiger partial charge in [-0.1, -0.05) is 17.7 Å². The first-order valence-corrected chi connectivity index (χ1v) is 4.32. The van der Waals surface area contributed by atoms with Crippen molar-refractivity contribution in [3.8, 4) is 0 Å². The minimum absolute atomic E-state index is 0.0444. The van der Waals surface area contributed by atoms with Crippen molar-refractivity contribution in [3.63, 3.8) is 0 Å². The lowest BCUT2D eigenvalue weighted by atomic mass is 10.00. The van der Waals surface area contributed by atoms with Crippen LogP contribution in [0.15, 0.2) is 18.2 Å². The molecular formula is C9H9ClFNO2. The maximum atomic E-state index is 12.8. The van der Waals surface area contributed by atoms with Gasteiger partial charge in [0.25, 0.3) is 0 Å². The van der Waals surface area contributed by atoms with E-state index >= 15 is 0 Å². The number of nitrogens with two attached hydrogens (primary N) is 1. The predicted octanol–water partition coefficient (Wildman–Crippen LogP) is 1.61. The molecule has 0 heterocycles. The van der Waals surface area contributed by atoms with Gasteiger partial charge in [0.05, 0.1) is 10.9 Å². The third-order valence-corrected chi connectivity index (χ3v) is 2.17. The molecule has 0 saturated carbocycles. The molecule has 0 aliphatic carbocycles. The first-order valence-electron chi connectivity index (χ1n) is 3.94. The number of rotatable bonds is 3. The highest BCUT2D eigenvalue weighted by Crippen LogP contribution is 2.21. The van der Waals surface area contributed by atoms with Gasteiger partial charge >= 0.3 is 5.97 Å². The number of carbonyl (C=O) groups is 1. The van der Waals surface area contributed by atoms with Crippen molar-refractivity contribution in [2.45, 2.75) is 5.92 Å². The van der Waals surface area contributed by atoms with E-state index in [4.69, 9.17) is 22.4 Å². The average Bonchev–Trinajstić information content (AvgIpc) is 2.11. The van der Waals surface area contributed by atoms with Crippen molar-refractivity contribution in [2.75, 3.05) is 6.54 Å². The first kappa shape index (κ1) is 10.9. The normalized spacial score (nSPS) is 12.5. The number of hydrogen-bond donors (Lipinski definition) is 2. The van der Waals surface area contributed by atoms with Crippen LogP contribution in [0.3, 0.4) is 0 Å². The van der Waals surface area contributed by atoms with Crippen LogP contribution >= 0.6 is 11.6 Å². The van der Waals surface area contributed by atoms with E-state index in [0.717, 1.165) is 6.07 Å². The van der Waals surface area contributed by atoms with Crippen LogP contribution in [-0.4, -0.2) is 17.6 Å². The smallest absolute Gasteiger partial charge is 0.312 e. The van der Waals surface area contributed by atoms with Crippen LogP contribution in [0.25, 0.3) is 0 Å². The van der Waals surface area contributed by atoms with E-state index < -0.39 is 17.7 Å². The molecule has 1 aromatic rings. The fourth-order valence-corrected chi connectivity index (χ4v) is 1.30. The van der Waals surface area contributed by atoms with Gasteiger partial charge in [0, 0.05) is 6.54 Å². The number of carboxylic acids is 1. The van der Waals surface area contributed by atoms with Crippen LogP contribution in [0, 0.1) is 5.82 Å². The molecule has 3 nitrogen and oxygen atoms in total. The summed E-state index contributed by atoms with van der Waals surface area (Å²) < 4.78 is 12.8. The van der Waals surface area contributed by atoms with E-state index in [9.17, 15) is 9.18 Å². The molecule has 0 radical (unpaired) electrons. The molecule has 0 aliphatic heterocycles. The van der Waals surface area contributed by atoms with Gasteiger partial charge in [-0.15, -0.1) is 0 Å². The summed E-state index contributed by atoms with van der Waals surface area (Å²) in [5.74, 6) is -2.46. The molecule has 0 fully saturated rings. The second kappa shape index (κ2) is 4.39. The van der Waals surface area contributed by atoms with Crippen LogP contribution < -0.4 is 5.73 Å². The highest BCUT2D eigenvalue weighted by atomic mass is 35.5. The highest BCUT2D eigenvalue weighted by Gasteiger charge is 2.18. The Kier molecular flexibility index (Phi) is 3.43. The van der Waals surface area contributed by atoms with Crippen LogP contribution in [0.1, 0.15) is 11.5 Å². The third-order valence-electron chi connectivity index (χ3n) is 1.88. The van der Waals surface area contributed by atoms with Gasteiger partial charge in [-0.25, -0.2) is 4.39 Å². The fraction of sp³-hybridized carbons (Fsp3) is 0.222. The Hall–Kier alpha value is -1.13. The van der Waals surface area contributed by atoms with Crippen molar-refractivity contribution in [1.29, 1.82) is 0 Å². The van der Waals surface area contributed by atoms with E-state index in [1.165, 1.54) is 12.1 Å². The van der Waals surface area contributed by atoms with Gasteiger partial charge in [-0.05, 0) is 17.7 Å². The minimum Gasteiger partial charge on any atom is -0.481 e. The Balaban J connectivity index is 3.06. The lowest BCUT2D eigenvalue weighted by molar-refractivity contribution is -0.138. The average molecular weight is 218 g/mol.